The minimum atomic E-state index is -0.923. The third kappa shape index (κ3) is 6.21. The number of hydrogen-bond acceptors (Lipinski definition) is 3. The van der Waals surface area contributed by atoms with Crippen LogP contribution in [0.5, 0.6) is 0 Å². The average molecular weight is 500 g/mol. The monoisotopic (exact) mass is 499 g/mol. The molecule has 1 aliphatic heterocycles. The number of carboxylic acids is 1. The highest BCUT2D eigenvalue weighted by molar-refractivity contribution is 6.35. The first-order valence-corrected chi connectivity index (χ1v) is 12.4. The summed E-state index contributed by atoms with van der Waals surface area (Å²) in [5, 5.41) is 15.3. The van der Waals surface area contributed by atoms with Crippen LogP contribution < -0.4 is 0 Å². The van der Waals surface area contributed by atoms with Crippen molar-refractivity contribution in [3.8, 4) is 11.3 Å². The number of hydrogen-bond donors (Lipinski definition) is 1. The van der Waals surface area contributed by atoms with E-state index in [2.05, 4.69) is 36.4 Å². The van der Waals surface area contributed by atoms with Gasteiger partial charge < -0.3 is 10.0 Å². The zero-order chi connectivity index (χ0) is 24.5. The van der Waals surface area contributed by atoms with Gasteiger partial charge in [-0.1, -0.05) is 56.1 Å². The van der Waals surface area contributed by atoms with Gasteiger partial charge in [0, 0.05) is 33.8 Å². The lowest BCUT2D eigenvalue weighted by molar-refractivity contribution is 0.0697. The summed E-state index contributed by atoms with van der Waals surface area (Å²) in [5.41, 5.74) is 4.52. The van der Waals surface area contributed by atoms with Crippen molar-refractivity contribution in [2.75, 3.05) is 19.6 Å². The minimum Gasteiger partial charge on any atom is -0.478 e. The zero-order valence-corrected chi connectivity index (χ0v) is 21.4. The molecule has 0 spiro atoms. The van der Waals surface area contributed by atoms with Crippen molar-refractivity contribution in [2.45, 2.75) is 46.1 Å². The van der Waals surface area contributed by atoms with Gasteiger partial charge in [-0.05, 0) is 73.3 Å². The number of piperidine rings is 1. The number of rotatable bonds is 6. The summed E-state index contributed by atoms with van der Waals surface area (Å²) in [6.45, 7) is 10.7. The molecule has 34 heavy (non-hydrogen) atoms. The van der Waals surface area contributed by atoms with Gasteiger partial charge in [-0.3, -0.25) is 4.68 Å². The van der Waals surface area contributed by atoms with E-state index < -0.39 is 5.97 Å². The van der Waals surface area contributed by atoms with Gasteiger partial charge in [0.15, 0.2) is 0 Å². The Morgan fingerprint density at radius 3 is 2.21 bits per heavy atom. The Morgan fingerprint density at radius 1 is 1.03 bits per heavy atom. The van der Waals surface area contributed by atoms with E-state index in [1.54, 1.807) is 18.2 Å². The molecule has 1 saturated heterocycles. The molecule has 0 amide bonds. The molecule has 0 atom stereocenters. The Labute approximate surface area is 211 Å². The van der Waals surface area contributed by atoms with E-state index in [1.165, 1.54) is 5.69 Å². The molecule has 3 aromatic rings. The van der Waals surface area contributed by atoms with Crippen molar-refractivity contribution in [3.63, 3.8) is 0 Å². The van der Waals surface area contributed by atoms with Gasteiger partial charge in [-0.25, -0.2) is 4.79 Å². The van der Waals surface area contributed by atoms with E-state index in [9.17, 15) is 9.90 Å². The normalized spacial score (nSPS) is 15.6. The number of likely N-dealkylation sites (tertiary alicyclic amines) is 1. The first-order valence-electron chi connectivity index (χ1n) is 11.7. The second-order valence-electron chi connectivity index (χ2n) is 10.4. The highest BCUT2D eigenvalue weighted by atomic mass is 35.5. The maximum Gasteiger partial charge on any atom is 0.335 e. The summed E-state index contributed by atoms with van der Waals surface area (Å²) >= 11 is 12.5. The summed E-state index contributed by atoms with van der Waals surface area (Å²) < 4.78 is 2.06. The average Bonchev–Trinajstić information content (AvgIpc) is 3.17. The summed E-state index contributed by atoms with van der Waals surface area (Å²) in [6, 6.07) is 14.7. The molecule has 1 N–H and O–H groups in total. The molecule has 1 fully saturated rings. The molecule has 2 aromatic carbocycles. The molecule has 0 aliphatic carbocycles. The van der Waals surface area contributed by atoms with Crippen LogP contribution in [0.4, 0.5) is 0 Å². The van der Waals surface area contributed by atoms with Gasteiger partial charge >= 0.3 is 5.97 Å². The predicted molar refractivity (Wildman–Crippen MR) is 138 cm³/mol. The Balaban J connectivity index is 1.62. The largest absolute Gasteiger partial charge is 0.478 e. The Bertz CT molecular complexity index is 1140. The molecule has 0 unspecified atom stereocenters. The maximum atomic E-state index is 11.2. The minimum absolute atomic E-state index is 0.282. The third-order valence-corrected chi connectivity index (χ3v) is 6.64. The molecular weight excluding hydrogens is 469 g/mol. The van der Waals surface area contributed by atoms with E-state index in [4.69, 9.17) is 28.3 Å². The van der Waals surface area contributed by atoms with Gasteiger partial charge in [-0.15, -0.1) is 0 Å². The second kappa shape index (κ2) is 10.1. The lowest BCUT2D eigenvalue weighted by atomic mass is 9.90. The number of aromatic nitrogens is 2. The molecule has 0 saturated carbocycles. The topological polar surface area (TPSA) is 58.4 Å². The van der Waals surface area contributed by atoms with Crippen molar-refractivity contribution >= 4 is 29.2 Å². The van der Waals surface area contributed by atoms with E-state index in [0.717, 1.165) is 49.3 Å². The fourth-order valence-electron chi connectivity index (χ4n) is 4.71. The maximum absolute atomic E-state index is 11.2. The first kappa shape index (κ1) is 24.8. The Kier molecular flexibility index (Phi) is 7.36. The number of halogens is 2. The number of aromatic carboxylic acids is 1. The van der Waals surface area contributed by atoms with Crippen LogP contribution in [0, 0.1) is 5.41 Å². The molecule has 7 heteroatoms. The predicted octanol–water partition coefficient (Wildman–Crippen LogP) is 6.83. The Morgan fingerprint density at radius 2 is 1.65 bits per heavy atom. The van der Waals surface area contributed by atoms with Crippen molar-refractivity contribution in [2.24, 2.45) is 5.41 Å². The van der Waals surface area contributed by atoms with Crippen LogP contribution in [0.15, 0.2) is 48.5 Å². The number of carboxylic acid groups (broad SMARTS) is 1. The van der Waals surface area contributed by atoms with Gasteiger partial charge in [0.05, 0.1) is 17.8 Å². The van der Waals surface area contributed by atoms with E-state index >= 15 is 0 Å². The fraction of sp³-hybridized carbons (Fsp3) is 0.407. The lowest BCUT2D eigenvalue weighted by Crippen LogP contribution is -2.38. The molecule has 180 valence electrons. The van der Waals surface area contributed by atoms with Crippen LogP contribution >= 0.6 is 23.2 Å². The number of carbonyl (C=O) groups is 1. The van der Waals surface area contributed by atoms with Crippen LogP contribution in [0.25, 0.3) is 11.3 Å². The molecule has 1 aliphatic rings. The number of nitrogens with zero attached hydrogens (tertiary/aromatic N) is 3. The summed E-state index contributed by atoms with van der Waals surface area (Å²) in [5.74, 6) is -0.515. The molecule has 4 rings (SSSR count). The van der Waals surface area contributed by atoms with Crippen LogP contribution in [0.3, 0.4) is 0 Å². The number of benzene rings is 2. The van der Waals surface area contributed by atoms with Crippen molar-refractivity contribution in [1.29, 1.82) is 0 Å². The van der Waals surface area contributed by atoms with E-state index in [1.807, 2.05) is 24.3 Å². The van der Waals surface area contributed by atoms with Crippen LogP contribution in [0.1, 0.15) is 61.1 Å². The van der Waals surface area contributed by atoms with Crippen LogP contribution in [-0.2, 0) is 6.54 Å². The van der Waals surface area contributed by atoms with E-state index in [-0.39, 0.29) is 11.0 Å². The van der Waals surface area contributed by atoms with Crippen LogP contribution in [0.2, 0.25) is 10.0 Å². The zero-order valence-electron chi connectivity index (χ0n) is 19.9. The summed E-state index contributed by atoms with van der Waals surface area (Å²) in [6.07, 6.45) is 2.16. The van der Waals surface area contributed by atoms with Gasteiger partial charge in [0.25, 0.3) is 0 Å². The lowest BCUT2D eigenvalue weighted by Gasteiger charge is -2.36. The molecular formula is C27H31Cl2N3O2. The van der Waals surface area contributed by atoms with Crippen molar-refractivity contribution < 1.29 is 9.90 Å². The van der Waals surface area contributed by atoms with Gasteiger partial charge in [-0.2, -0.15) is 5.10 Å². The summed E-state index contributed by atoms with van der Waals surface area (Å²) in [4.78, 5) is 13.8. The highest BCUT2D eigenvalue weighted by Crippen LogP contribution is 2.34. The summed E-state index contributed by atoms with van der Waals surface area (Å²) in [7, 11) is 0. The highest BCUT2D eigenvalue weighted by Gasteiger charge is 2.27. The van der Waals surface area contributed by atoms with E-state index in [0.29, 0.717) is 22.5 Å². The Hall–Kier alpha value is -2.34. The third-order valence-electron chi connectivity index (χ3n) is 6.21. The first-order chi connectivity index (χ1) is 16.1. The molecule has 5 nitrogen and oxygen atoms in total. The van der Waals surface area contributed by atoms with Crippen molar-refractivity contribution in [3.05, 3.63) is 75.4 Å². The second-order valence-corrected chi connectivity index (χ2v) is 11.3. The molecule has 0 bridgehead atoms. The quantitative estimate of drug-likeness (QED) is 0.403. The molecule has 1 aromatic heterocycles. The van der Waals surface area contributed by atoms with Gasteiger partial charge in [0.1, 0.15) is 0 Å². The smallest absolute Gasteiger partial charge is 0.335 e. The SMILES string of the molecule is CC(C)(C)CN1CCC(c2cc(-c3cc(Cl)cc(Cl)c3)nn2Cc2ccc(C(=O)O)cc2)CC1. The fourth-order valence-corrected chi connectivity index (χ4v) is 5.24. The molecule has 0 radical (unpaired) electrons. The molecule has 2 heterocycles. The van der Waals surface area contributed by atoms with Gasteiger partial charge in [0.2, 0.25) is 0 Å². The standard InChI is InChI=1S/C27H31Cl2N3O2/c1-27(2,3)17-31-10-8-19(9-11-31)25-15-24(21-12-22(28)14-23(29)13-21)30-32(25)16-18-4-6-20(7-5-18)26(33)34/h4-7,12-15,19H,8-11,16-17H2,1-3H3,(H,33,34). The van der Waals surface area contributed by atoms with Crippen molar-refractivity contribution in [1.82, 2.24) is 14.7 Å². The van der Waals surface area contributed by atoms with Crippen LogP contribution in [-0.4, -0.2) is 45.4 Å².